The maximum Gasteiger partial charge on any atom is 0.222 e. The summed E-state index contributed by atoms with van der Waals surface area (Å²) in [6.45, 7) is 4.37. The van der Waals surface area contributed by atoms with E-state index in [0.717, 1.165) is 50.5 Å². The van der Waals surface area contributed by atoms with Crippen LogP contribution >= 0.6 is 0 Å². The molecule has 1 aliphatic heterocycles. The van der Waals surface area contributed by atoms with Crippen LogP contribution in [0, 0.1) is 0 Å². The highest BCUT2D eigenvalue weighted by atomic mass is 16.5. The van der Waals surface area contributed by atoms with Crippen molar-refractivity contribution in [2.45, 2.75) is 25.8 Å². The van der Waals surface area contributed by atoms with Crippen molar-refractivity contribution in [1.82, 2.24) is 9.80 Å². The molecule has 2 aromatic rings. The quantitative estimate of drug-likeness (QED) is 0.665. The summed E-state index contributed by atoms with van der Waals surface area (Å²) < 4.78 is 16.1. The Labute approximate surface area is 179 Å². The van der Waals surface area contributed by atoms with E-state index >= 15 is 0 Å². The molecule has 1 amide bonds. The third-order valence-corrected chi connectivity index (χ3v) is 5.60. The van der Waals surface area contributed by atoms with E-state index < -0.39 is 0 Å². The molecule has 0 atom stereocenters. The number of nitrogens with zero attached hydrogens (tertiary/aromatic N) is 2. The average Bonchev–Trinajstić information content (AvgIpc) is 3.03. The van der Waals surface area contributed by atoms with Gasteiger partial charge in [0.05, 0.1) is 21.3 Å². The minimum Gasteiger partial charge on any atom is -0.497 e. The lowest BCUT2D eigenvalue weighted by Gasteiger charge is -2.22. The molecule has 0 bridgehead atoms. The molecule has 6 nitrogen and oxygen atoms in total. The van der Waals surface area contributed by atoms with E-state index in [1.807, 2.05) is 35.2 Å². The van der Waals surface area contributed by atoms with E-state index in [9.17, 15) is 4.79 Å². The lowest BCUT2D eigenvalue weighted by Crippen LogP contribution is -2.35. The van der Waals surface area contributed by atoms with Crippen LogP contribution in [-0.4, -0.2) is 63.2 Å². The number of aryl methyl sites for hydroxylation is 1. The van der Waals surface area contributed by atoms with Crippen molar-refractivity contribution in [2.24, 2.45) is 0 Å². The number of hydrogen-bond donors (Lipinski definition) is 0. The van der Waals surface area contributed by atoms with Gasteiger partial charge >= 0.3 is 0 Å². The van der Waals surface area contributed by atoms with Crippen molar-refractivity contribution in [2.75, 3.05) is 47.5 Å². The molecule has 1 aliphatic rings. The molecule has 6 heteroatoms. The van der Waals surface area contributed by atoms with Crippen LogP contribution in [0.4, 0.5) is 0 Å². The van der Waals surface area contributed by atoms with Crippen LogP contribution in [0.5, 0.6) is 17.2 Å². The number of methoxy groups -OCH3 is 3. The Morgan fingerprint density at radius 1 is 0.900 bits per heavy atom. The smallest absolute Gasteiger partial charge is 0.222 e. The molecule has 0 N–H and O–H groups in total. The zero-order valence-corrected chi connectivity index (χ0v) is 18.2. The van der Waals surface area contributed by atoms with Gasteiger partial charge in [-0.2, -0.15) is 0 Å². The summed E-state index contributed by atoms with van der Waals surface area (Å²) in [7, 11) is 4.94. The second kappa shape index (κ2) is 10.9. The van der Waals surface area contributed by atoms with E-state index in [1.54, 1.807) is 21.3 Å². The van der Waals surface area contributed by atoms with E-state index in [0.29, 0.717) is 24.3 Å². The molecule has 162 valence electrons. The van der Waals surface area contributed by atoms with E-state index in [4.69, 9.17) is 14.2 Å². The summed E-state index contributed by atoms with van der Waals surface area (Å²) in [6, 6.07) is 14.0. The van der Waals surface area contributed by atoms with Gasteiger partial charge in [0.2, 0.25) is 5.91 Å². The van der Waals surface area contributed by atoms with Crippen molar-refractivity contribution in [1.29, 1.82) is 0 Å². The maximum atomic E-state index is 12.8. The number of carbonyl (C=O) groups excluding carboxylic acids is 1. The van der Waals surface area contributed by atoms with Crippen molar-refractivity contribution in [3.8, 4) is 17.2 Å². The Balaban J connectivity index is 1.52. The summed E-state index contributed by atoms with van der Waals surface area (Å²) in [5.41, 5.74) is 2.27. The standard InChI is InChI=1S/C24H32N2O4/c1-28-21-11-8-19(9-12-21)18-25-14-5-15-26(17-16-25)23(27)13-10-20-6-4-7-22(29-2)24(20)30-3/h4,6-9,11-12H,5,10,13-18H2,1-3H3. The summed E-state index contributed by atoms with van der Waals surface area (Å²) in [5, 5.41) is 0. The Bertz CT molecular complexity index is 822. The third kappa shape index (κ3) is 5.66. The first kappa shape index (κ1) is 22.0. The fourth-order valence-corrected chi connectivity index (χ4v) is 3.92. The van der Waals surface area contributed by atoms with Gasteiger partial charge in [-0.05, 0) is 42.2 Å². The van der Waals surface area contributed by atoms with Crippen LogP contribution in [0.3, 0.4) is 0 Å². The first-order valence-electron chi connectivity index (χ1n) is 10.5. The Morgan fingerprint density at radius 2 is 1.70 bits per heavy atom. The van der Waals surface area contributed by atoms with Gasteiger partial charge in [-0.3, -0.25) is 9.69 Å². The molecule has 1 saturated heterocycles. The van der Waals surface area contributed by atoms with Crippen LogP contribution in [0.1, 0.15) is 24.0 Å². The highest BCUT2D eigenvalue weighted by molar-refractivity contribution is 5.76. The molecule has 2 aromatic carbocycles. The highest BCUT2D eigenvalue weighted by Crippen LogP contribution is 2.31. The predicted octanol–water partition coefficient (Wildman–Crippen LogP) is 3.38. The Kier molecular flexibility index (Phi) is 7.97. The number of carbonyl (C=O) groups is 1. The van der Waals surface area contributed by atoms with Gasteiger partial charge in [0, 0.05) is 39.1 Å². The number of amides is 1. The molecule has 0 aromatic heterocycles. The summed E-state index contributed by atoms with van der Waals surface area (Å²) >= 11 is 0. The summed E-state index contributed by atoms with van der Waals surface area (Å²) in [6.07, 6.45) is 2.11. The molecule has 3 rings (SSSR count). The normalized spacial score (nSPS) is 14.8. The molecule has 0 spiro atoms. The van der Waals surface area contributed by atoms with Crippen molar-refractivity contribution in [3.63, 3.8) is 0 Å². The largest absolute Gasteiger partial charge is 0.497 e. The van der Waals surface area contributed by atoms with Gasteiger partial charge < -0.3 is 19.1 Å². The second-order valence-corrected chi connectivity index (χ2v) is 7.51. The topological polar surface area (TPSA) is 51.2 Å². The van der Waals surface area contributed by atoms with Crippen molar-refractivity contribution >= 4 is 5.91 Å². The molecule has 0 radical (unpaired) electrons. The summed E-state index contributed by atoms with van der Waals surface area (Å²) in [4.78, 5) is 17.3. The Hall–Kier alpha value is -2.73. The molecular formula is C24H32N2O4. The average molecular weight is 413 g/mol. The minimum absolute atomic E-state index is 0.200. The zero-order valence-electron chi connectivity index (χ0n) is 18.2. The predicted molar refractivity (Wildman–Crippen MR) is 117 cm³/mol. The first-order chi connectivity index (χ1) is 14.6. The van der Waals surface area contributed by atoms with Crippen LogP contribution in [0.2, 0.25) is 0 Å². The molecule has 30 heavy (non-hydrogen) atoms. The SMILES string of the molecule is COc1ccc(CN2CCCN(C(=O)CCc3cccc(OC)c3OC)CC2)cc1. The number of para-hydroxylation sites is 1. The minimum atomic E-state index is 0.200. The van der Waals surface area contributed by atoms with E-state index in [1.165, 1.54) is 5.56 Å². The Morgan fingerprint density at radius 3 is 2.40 bits per heavy atom. The number of rotatable bonds is 8. The number of hydrogen-bond acceptors (Lipinski definition) is 5. The number of ether oxygens (including phenoxy) is 3. The van der Waals surface area contributed by atoms with Gasteiger partial charge in [0.1, 0.15) is 5.75 Å². The monoisotopic (exact) mass is 412 g/mol. The molecule has 0 saturated carbocycles. The highest BCUT2D eigenvalue weighted by Gasteiger charge is 2.20. The molecule has 0 unspecified atom stereocenters. The van der Waals surface area contributed by atoms with Crippen LogP contribution in [-0.2, 0) is 17.8 Å². The van der Waals surface area contributed by atoms with Crippen LogP contribution in [0.15, 0.2) is 42.5 Å². The van der Waals surface area contributed by atoms with E-state index in [2.05, 4.69) is 17.0 Å². The van der Waals surface area contributed by atoms with Crippen molar-refractivity contribution < 1.29 is 19.0 Å². The lowest BCUT2D eigenvalue weighted by molar-refractivity contribution is -0.131. The van der Waals surface area contributed by atoms with E-state index in [-0.39, 0.29) is 5.91 Å². The van der Waals surface area contributed by atoms with Gasteiger partial charge in [0.25, 0.3) is 0 Å². The van der Waals surface area contributed by atoms with Crippen LogP contribution in [0.25, 0.3) is 0 Å². The molecule has 1 fully saturated rings. The fraction of sp³-hybridized carbons (Fsp3) is 0.458. The van der Waals surface area contributed by atoms with Crippen molar-refractivity contribution in [3.05, 3.63) is 53.6 Å². The van der Waals surface area contributed by atoms with Gasteiger partial charge in [-0.15, -0.1) is 0 Å². The molecule has 1 heterocycles. The first-order valence-corrected chi connectivity index (χ1v) is 10.5. The fourth-order valence-electron chi connectivity index (χ4n) is 3.92. The second-order valence-electron chi connectivity index (χ2n) is 7.51. The zero-order chi connectivity index (χ0) is 21.3. The lowest BCUT2D eigenvalue weighted by atomic mass is 10.1. The van der Waals surface area contributed by atoms with Gasteiger partial charge in [-0.1, -0.05) is 24.3 Å². The maximum absolute atomic E-state index is 12.8. The van der Waals surface area contributed by atoms with Gasteiger partial charge in [-0.25, -0.2) is 0 Å². The molecule has 0 aliphatic carbocycles. The van der Waals surface area contributed by atoms with Crippen LogP contribution < -0.4 is 14.2 Å². The molecular weight excluding hydrogens is 380 g/mol. The number of benzene rings is 2. The third-order valence-electron chi connectivity index (χ3n) is 5.60. The summed E-state index contributed by atoms with van der Waals surface area (Å²) in [5.74, 6) is 2.49. The van der Waals surface area contributed by atoms with Gasteiger partial charge in [0.15, 0.2) is 11.5 Å².